The summed E-state index contributed by atoms with van der Waals surface area (Å²) in [5, 5.41) is 7.11. The Morgan fingerprint density at radius 1 is 1.27 bits per heavy atom. The standard InChI is InChI=1S/C21H39N5O3.HI/c1-4-29-18-15-17(21(18)7-5-6-8-21)24-20(23-16-19(27)25(2)3)22-9-10-26-11-13-28-14-12-26;/h17-18H,4-16H2,1-3H3,(H2,22,23,24);1H. The molecule has 0 aromatic heterocycles. The summed E-state index contributed by atoms with van der Waals surface area (Å²) in [4.78, 5) is 20.6. The minimum Gasteiger partial charge on any atom is -0.379 e. The molecule has 0 bridgehead atoms. The van der Waals surface area contributed by atoms with Crippen molar-refractivity contribution in [1.29, 1.82) is 0 Å². The zero-order valence-electron chi connectivity index (χ0n) is 18.8. The Labute approximate surface area is 198 Å². The van der Waals surface area contributed by atoms with Crippen LogP contribution < -0.4 is 10.6 Å². The summed E-state index contributed by atoms with van der Waals surface area (Å²) in [6.45, 7) is 8.32. The Bertz CT molecular complexity index is 563. The number of hydrogen-bond donors (Lipinski definition) is 2. The van der Waals surface area contributed by atoms with E-state index in [0.29, 0.717) is 12.1 Å². The predicted octanol–water partition coefficient (Wildman–Crippen LogP) is 1.30. The molecule has 1 heterocycles. The normalized spacial score (nSPS) is 26.0. The van der Waals surface area contributed by atoms with Crippen LogP contribution in [0.2, 0.25) is 0 Å². The van der Waals surface area contributed by atoms with Crippen LogP contribution in [0.5, 0.6) is 0 Å². The van der Waals surface area contributed by atoms with Gasteiger partial charge in [0.05, 0.1) is 19.3 Å². The van der Waals surface area contributed by atoms with Crippen molar-refractivity contribution in [2.75, 3.05) is 66.6 Å². The molecule has 1 saturated heterocycles. The highest BCUT2D eigenvalue weighted by molar-refractivity contribution is 14.0. The number of morpholine rings is 1. The van der Waals surface area contributed by atoms with Gasteiger partial charge in [0.1, 0.15) is 6.54 Å². The van der Waals surface area contributed by atoms with Crippen LogP contribution in [0.3, 0.4) is 0 Å². The van der Waals surface area contributed by atoms with Gasteiger partial charge in [0.2, 0.25) is 5.91 Å². The molecule has 3 fully saturated rings. The van der Waals surface area contributed by atoms with Crippen LogP contribution in [0, 0.1) is 5.41 Å². The van der Waals surface area contributed by atoms with Gasteiger partial charge in [-0.2, -0.15) is 0 Å². The summed E-state index contributed by atoms with van der Waals surface area (Å²) in [6.07, 6.45) is 6.35. The lowest BCUT2D eigenvalue weighted by molar-refractivity contribution is -0.127. The third-order valence-electron chi connectivity index (χ3n) is 6.69. The van der Waals surface area contributed by atoms with Crippen molar-refractivity contribution < 1.29 is 14.3 Å². The molecular formula is C21H40IN5O3. The smallest absolute Gasteiger partial charge is 0.243 e. The van der Waals surface area contributed by atoms with Crippen LogP contribution in [-0.2, 0) is 14.3 Å². The van der Waals surface area contributed by atoms with Crippen molar-refractivity contribution in [3.05, 3.63) is 0 Å². The van der Waals surface area contributed by atoms with Crippen LogP contribution in [0.25, 0.3) is 0 Å². The maximum absolute atomic E-state index is 12.0. The summed E-state index contributed by atoms with van der Waals surface area (Å²) in [6, 6.07) is 0.366. The highest BCUT2D eigenvalue weighted by Crippen LogP contribution is 2.54. The van der Waals surface area contributed by atoms with E-state index in [2.05, 4.69) is 27.4 Å². The van der Waals surface area contributed by atoms with E-state index in [4.69, 9.17) is 9.47 Å². The van der Waals surface area contributed by atoms with Gasteiger partial charge < -0.3 is 25.0 Å². The molecule has 8 nitrogen and oxygen atoms in total. The highest BCUT2D eigenvalue weighted by Gasteiger charge is 2.56. The molecule has 1 amide bonds. The van der Waals surface area contributed by atoms with Gasteiger partial charge in [-0.25, -0.2) is 4.99 Å². The minimum absolute atomic E-state index is 0. The number of halogens is 1. The third-order valence-corrected chi connectivity index (χ3v) is 6.69. The summed E-state index contributed by atoms with van der Waals surface area (Å²) >= 11 is 0. The molecule has 0 radical (unpaired) electrons. The van der Waals surface area contributed by atoms with Gasteiger partial charge >= 0.3 is 0 Å². The van der Waals surface area contributed by atoms with Crippen LogP contribution in [0.1, 0.15) is 39.0 Å². The van der Waals surface area contributed by atoms with E-state index in [1.54, 1.807) is 19.0 Å². The summed E-state index contributed by atoms with van der Waals surface area (Å²) in [7, 11) is 3.53. The molecule has 3 rings (SSSR count). The number of rotatable bonds is 8. The topological polar surface area (TPSA) is 78.4 Å². The molecule has 1 spiro atoms. The van der Waals surface area contributed by atoms with Gasteiger partial charge in [0, 0.05) is 58.3 Å². The molecular weight excluding hydrogens is 497 g/mol. The van der Waals surface area contributed by atoms with Crippen molar-refractivity contribution >= 4 is 35.8 Å². The molecule has 2 saturated carbocycles. The molecule has 2 atom stereocenters. The van der Waals surface area contributed by atoms with E-state index < -0.39 is 0 Å². The van der Waals surface area contributed by atoms with Crippen LogP contribution >= 0.6 is 24.0 Å². The number of amides is 1. The quantitative estimate of drug-likeness (QED) is 0.276. The van der Waals surface area contributed by atoms with E-state index in [1.165, 1.54) is 25.7 Å². The molecule has 174 valence electrons. The Morgan fingerprint density at radius 3 is 2.60 bits per heavy atom. The lowest BCUT2D eigenvalue weighted by atomic mass is 9.60. The first kappa shape index (κ1) is 25.6. The van der Waals surface area contributed by atoms with Gasteiger partial charge in [-0.1, -0.05) is 12.8 Å². The van der Waals surface area contributed by atoms with Crippen molar-refractivity contribution in [2.24, 2.45) is 10.4 Å². The molecule has 2 aliphatic carbocycles. The van der Waals surface area contributed by atoms with E-state index in [-0.39, 0.29) is 41.8 Å². The fourth-order valence-corrected chi connectivity index (χ4v) is 4.85. The predicted molar refractivity (Wildman–Crippen MR) is 130 cm³/mol. The largest absolute Gasteiger partial charge is 0.379 e. The number of nitrogens with one attached hydrogen (secondary N) is 2. The maximum Gasteiger partial charge on any atom is 0.243 e. The number of hydrogen-bond acceptors (Lipinski definition) is 5. The zero-order valence-corrected chi connectivity index (χ0v) is 21.2. The first-order valence-corrected chi connectivity index (χ1v) is 11.2. The summed E-state index contributed by atoms with van der Waals surface area (Å²) in [5.41, 5.74) is 0.230. The van der Waals surface area contributed by atoms with E-state index in [0.717, 1.165) is 58.4 Å². The van der Waals surface area contributed by atoms with Gasteiger partial charge in [0.15, 0.2) is 5.96 Å². The average Bonchev–Trinajstić information content (AvgIpc) is 3.24. The van der Waals surface area contributed by atoms with Gasteiger partial charge in [-0.3, -0.25) is 9.69 Å². The van der Waals surface area contributed by atoms with Crippen LogP contribution in [0.15, 0.2) is 4.99 Å². The number of carbonyl (C=O) groups excluding carboxylic acids is 1. The minimum atomic E-state index is 0. The van der Waals surface area contributed by atoms with Gasteiger partial charge in [0.25, 0.3) is 0 Å². The molecule has 0 aromatic rings. The first-order chi connectivity index (χ1) is 14.0. The van der Waals surface area contributed by atoms with Crippen LogP contribution in [0.4, 0.5) is 0 Å². The third kappa shape index (κ3) is 6.43. The summed E-state index contributed by atoms with van der Waals surface area (Å²) in [5.74, 6) is 0.760. The van der Waals surface area contributed by atoms with Crippen molar-refractivity contribution in [1.82, 2.24) is 20.4 Å². The monoisotopic (exact) mass is 537 g/mol. The van der Waals surface area contributed by atoms with E-state index >= 15 is 0 Å². The Hall–Kier alpha value is -0.650. The summed E-state index contributed by atoms with van der Waals surface area (Å²) < 4.78 is 11.5. The number of carbonyl (C=O) groups is 1. The van der Waals surface area contributed by atoms with Crippen LogP contribution in [-0.4, -0.2) is 100 Å². The molecule has 0 aromatic carbocycles. The molecule has 30 heavy (non-hydrogen) atoms. The molecule has 1 aliphatic heterocycles. The second-order valence-electron chi connectivity index (χ2n) is 8.65. The Morgan fingerprint density at radius 2 is 1.97 bits per heavy atom. The van der Waals surface area contributed by atoms with Crippen molar-refractivity contribution in [2.45, 2.75) is 51.2 Å². The number of guanidine groups is 1. The molecule has 3 aliphatic rings. The molecule has 2 N–H and O–H groups in total. The zero-order chi connectivity index (χ0) is 20.7. The number of likely N-dealkylation sites (N-methyl/N-ethyl adjacent to an activating group) is 1. The number of ether oxygens (including phenoxy) is 2. The van der Waals surface area contributed by atoms with Crippen molar-refractivity contribution in [3.63, 3.8) is 0 Å². The lowest BCUT2D eigenvalue weighted by Gasteiger charge is -2.54. The van der Waals surface area contributed by atoms with E-state index in [9.17, 15) is 4.79 Å². The SMILES string of the molecule is CCOC1CC(NC(=NCC(=O)N(C)C)NCCN2CCOCC2)C12CCCC2.I. The molecule has 2 unspecified atom stereocenters. The molecule has 9 heteroatoms. The van der Waals surface area contributed by atoms with Gasteiger partial charge in [-0.15, -0.1) is 24.0 Å². The fourth-order valence-electron chi connectivity index (χ4n) is 4.85. The Balaban J connectivity index is 0.00000320. The van der Waals surface area contributed by atoms with E-state index in [1.807, 2.05) is 0 Å². The highest BCUT2D eigenvalue weighted by atomic mass is 127. The average molecular weight is 537 g/mol. The lowest BCUT2D eigenvalue weighted by Crippen LogP contribution is -2.65. The van der Waals surface area contributed by atoms with Crippen molar-refractivity contribution in [3.8, 4) is 0 Å². The Kier molecular flexibility index (Phi) is 10.6. The number of aliphatic imine (C=N–C) groups is 1. The second kappa shape index (κ2) is 12.4. The first-order valence-electron chi connectivity index (χ1n) is 11.2. The number of nitrogens with zero attached hydrogens (tertiary/aromatic N) is 3. The maximum atomic E-state index is 12.0. The fraction of sp³-hybridized carbons (Fsp3) is 0.905. The second-order valence-corrected chi connectivity index (χ2v) is 8.65. The van der Waals surface area contributed by atoms with Gasteiger partial charge in [-0.05, 0) is 26.2 Å².